The predicted molar refractivity (Wildman–Crippen MR) is 171 cm³/mol. The van der Waals surface area contributed by atoms with Crippen molar-refractivity contribution in [2.75, 3.05) is 36.8 Å². The SMILES string of the molecule is Cc1cc(C)n(CCN(CCCCc2ccc3c(n2)NCCC3)CC[C@H](Nc2ccc(-c3ccccc3)cn2)C(=O)O)n1. The Hall–Kier alpha value is -4.24. The summed E-state index contributed by atoms with van der Waals surface area (Å²) in [5, 5.41) is 21.2. The summed E-state index contributed by atoms with van der Waals surface area (Å²) in [7, 11) is 0. The average molecular weight is 582 g/mol. The van der Waals surface area contributed by atoms with Crippen LogP contribution in [0.3, 0.4) is 0 Å². The molecule has 0 bridgehead atoms. The van der Waals surface area contributed by atoms with Gasteiger partial charge in [0.2, 0.25) is 0 Å². The molecule has 3 N–H and O–H groups in total. The Balaban J connectivity index is 1.17. The number of hydrogen-bond donors (Lipinski definition) is 3. The van der Waals surface area contributed by atoms with Crippen molar-refractivity contribution in [3.8, 4) is 11.1 Å². The van der Waals surface area contributed by atoms with Crippen molar-refractivity contribution in [2.45, 2.75) is 65.0 Å². The number of rotatable bonds is 15. The smallest absolute Gasteiger partial charge is 0.326 e. The normalized spacial score (nSPS) is 13.4. The van der Waals surface area contributed by atoms with Crippen LogP contribution in [-0.2, 0) is 24.2 Å². The van der Waals surface area contributed by atoms with Crippen LogP contribution in [0.1, 0.15) is 48.3 Å². The molecule has 1 atom stereocenters. The Morgan fingerprint density at radius 2 is 1.91 bits per heavy atom. The molecule has 0 fully saturated rings. The zero-order chi connectivity index (χ0) is 30.0. The molecule has 0 aliphatic carbocycles. The first-order chi connectivity index (χ1) is 20.9. The number of aromatic nitrogens is 4. The summed E-state index contributed by atoms with van der Waals surface area (Å²) in [6.45, 7) is 8.20. The monoisotopic (exact) mass is 581 g/mol. The van der Waals surface area contributed by atoms with Crippen LogP contribution >= 0.6 is 0 Å². The number of carbonyl (C=O) groups is 1. The van der Waals surface area contributed by atoms with E-state index < -0.39 is 12.0 Å². The lowest BCUT2D eigenvalue weighted by atomic mass is 10.1. The molecule has 226 valence electrons. The fourth-order valence-electron chi connectivity index (χ4n) is 5.65. The van der Waals surface area contributed by atoms with E-state index in [2.05, 4.69) is 50.7 Å². The highest BCUT2D eigenvalue weighted by molar-refractivity contribution is 5.77. The van der Waals surface area contributed by atoms with E-state index in [1.807, 2.05) is 54.1 Å². The molecule has 4 heterocycles. The number of aliphatic carboxylic acids is 1. The minimum Gasteiger partial charge on any atom is -0.480 e. The number of hydrogen-bond acceptors (Lipinski definition) is 7. The number of nitrogens with one attached hydrogen (secondary N) is 2. The van der Waals surface area contributed by atoms with Gasteiger partial charge in [-0.15, -0.1) is 0 Å². The Kier molecular flexibility index (Phi) is 10.4. The van der Waals surface area contributed by atoms with Crippen molar-refractivity contribution in [2.24, 2.45) is 0 Å². The van der Waals surface area contributed by atoms with E-state index in [9.17, 15) is 9.90 Å². The van der Waals surface area contributed by atoms with Crippen LogP contribution < -0.4 is 10.6 Å². The minimum atomic E-state index is -0.875. The van der Waals surface area contributed by atoms with Crippen molar-refractivity contribution < 1.29 is 9.90 Å². The zero-order valence-corrected chi connectivity index (χ0v) is 25.3. The zero-order valence-electron chi connectivity index (χ0n) is 25.3. The lowest BCUT2D eigenvalue weighted by Crippen LogP contribution is -2.37. The first kappa shape index (κ1) is 30.2. The van der Waals surface area contributed by atoms with Crippen molar-refractivity contribution in [3.05, 3.63) is 89.5 Å². The molecule has 0 amide bonds. The van der Waals surface area contributed by atoms with Gasteiger partial charge in [-0.3, -0.25) is 4.68 Å². The number of benzene rings is 1. The maximum atomic E-state index is 12.2. The molecular weight excluding hydrogens is 538 g/mol. The Bertz CT molecular complexity index is 1470. The standard InChI is InChI=1S/C34H43N7O2/c1-25-23-26(2)41(39-25)22-21-40(19-7-6-12-30-15-13-28-11-8-18-35-33(28)37-30)20-17-31(34(42)43)38-32-16-14-29(24-36-32)27-9-4-3-5-10-27/h3-5,9-10,13-16,23-24,31H,6-8,11-12,17-22H2,1-2H3,(H,35,37)(H,36,38)(H,42,43)/t31-/m0/s1. The number of carboxylic acid groups (broad SMARTS) is 1. The molecule has 0 saturated carbocycles. The van der Waals surface area contributed by atoms with E-state index in [1.165, 1.54) is 5.56 Å². The van der Waals surface area contributed by atoms with Crippen LogP contribution in [0, 0.1) is 13.8 Å². The molecular formula is C34H43N7O2. The summed E-state index contributed by atoms with van der Waals surface area (Å²) >= 11 is 0. The van der Waals surface area contributed by atoms with Crippen molar-refractivity contribution >= 4 is 17.6 Å². The second-order valence-corrected chi connectivity index (χ2v) is 11.4. The molecule has 0 spiro atoms. The van der Waals surface area contributed by atoms with Crippen LogP contribution in [0.15, 0.2) is 66.9 Å². The van der Waals surface area contributed by atoms with Crippen LogP contribution in [0.5, 0.6) is 0 Å². The van der Waals surface area contributed by atoms with Gasteiger partial charge in [-0.05, 0) is 94.3 Å². The van der Waals surface area contributed by atoms with Gasteiger partial charge in [0.25, 0.3) is 0 Å². The summed E-state index contributed by atoms with van der Waals surface area (Å²) in [5.41, 5.74) is 6.66. The van der Waals surface area contributed by atoms with E-state index in [4.69, 9.17) is 4.98 Å². The molecule has 0 unspecified atom stereocenters. The van der Waals surface area contributed by atoms with Gasteiger partial charge < -0.3 is 20.6 Å². The molecule has 5 rings (SSSR count). The number of carboxylic acids is 1. The van der Waals surface area contributed by atoms with Crippen LogP contribution in [0.25, 0.3) is 11.1 Å². The lowest BCUT2D eigenvalue weighted by Gasteiger charge is -2.25. The molecule has 4 aromatic rings. The maximum Gasteiger partial charge on any atom is 0.326 e. The van der Waals surface area contributed by atoms with Crippen molar-refractivity contribution in [1.29, 1.82) is 0 Å². The quantitative estimate of drug-likeness (QED) is 0.156. The number of anilines is 2. The van der Waals surface area contributed by atoms with E-state index in [0.29, 0.717) is 18.8 Å². The van der Waals surface area contributed by atoms with Gasteiger partial charge in [0.15, 0.2) is 0 Å². The molecule has 43 heavy (non-hydrogen) atoms. The van der Waals surface area contributed by atoms with Crippen molar-refractivity contribution in [1.82, 2.24) is 24.6 Å². The molecule has 0 saturated heterocycles. The van der Waals surface area contributed by atoms with Crippen molar-refractivity contribution in [3.63, 3.8) is 0 Å². The Morgan fingerprint density at radius 3 is 2.65 bits per heavy atom. The van der Waals surface area contributed by atoms with Crippen LogP contribution in [0.4, 0.5) is 11.6 Å². The van der Waals surface area contributed by atoms with Gasteiger partial charge in [0, 0.05) is 42.8 Å². The molecule has 1 aliphatic rings. The summed E-state index contributed by atoms with van der Waals surface area (Å²) in [6, 6.07) is 19.6. The third-order valence-electron chi connectivity index (χ3n) is 8.07. The number of aryl methyl sites for hydroxylation is 4. The largest absolute Gasteiger partial charge is 0.480 e. The molecule has 1 aliphatic heterocycles. The molecule has 9 heteroatoms. The van der Waals surface area contributed by atoms with Crippen LogP contribution in [0.2, 0.25) is 0 Å². The van der Waals surface area contributed by atoms with E-state index in [1.54, 1.807) is 6.20 Å². The average Bonchev–Trinajstić information content (AvgIpc) is 3.36. The van der Waals surface area contributed by atoms with Gasteiger partial charge in [-0.25, -0.2) is 14.8 Å². The van der Waals surface area contributed by atoms with Gasteiger partial charge in [0.05, 0.1) is 12.2 Å². The molecule has 9 nitrogen and oxygen atoms in total. The highest BCUT2D eigenvalue weighted by atomic mass is 16.4. The maximum absolute atomic E-state index is 12.2. The van der Waals surface area contributed by atoms with E-state index in [-0.39, 0.29) is 0 Å². The lowest BCUT2D eigenvalue weighted by molar-refractivity contribution is -0.138. The van der Waals surface area contributed by atoms with E-state index in [0.717, 1.165) is 92.3 Å². The third-order valence-corrected chi connectivity index (χ3v) is 8.07. The van der Waals surface area contributed by atoms with E-state index >= 15 is 0 Å². The first-order valence-corrected chi connectivity index (χ1v) is 15.4. The first-order valence-electron chi connectivity index (χ1n) is 15.4. The second kappa shape index (κ2) is 14.8. The van der Waals surface area contributed by atoms with Gasteiger partial charge in [-0.1, -0.05) is 36.4 Å². The topological polar surface area (TPSA) is 108 Å². The summed E-state index contributed by atoms with van der Waals surface area (Å²) in [4.78, 5) is 23.9. The fraction of sp³-hybridized carbons (Fsp3) is 0.412. The molecule has 0 radical (unpaired) electrons. The van der Waals surface area contributed by atoms with Gasteiger partial charge >= 0.3 is 5.97 Å². The minimum absolute atomic E-state index is 0.465. The number of unbranched alkanes of at least 4 members (excludes halogenated alkanes) is 1. The Morgan fingerprint density at radius 1 is 1.05 bits per heavy atom. The fourth-order valence-corrected chi connectivity index (χ4v) is 5.65. The molecule has 1 aromatic carbocycles. The number of fused-ring (bicyclic) bond motifs is 1. The number of pyridine rings is 2. The van der Waals surface area contributed by atoms with Gasteiger partial charge in [-0.2, -0.15) is 5.10 Å². The summed E-state index contributed by atoms with van der Waals surface area (Å²) < 4.78 is 2.04. The highest BCUT2D eigenvalue weighted by Gasteiger charge is 2.20. The van der Waals surface area contributed by atoms with Crippen LogP contribution in [-0.4, -0.2) is 67.9 Å². The molecule has 3 aromatic heterocycles. The predicted octanol–water partition coefficient (Wildman–Crippen LogP) is 5.60. The second-order valence-electron chi connectivity index (χ2n) is 11.4. The van der Waals surface area contributed by atoms with Gasteiger partial charge in [0.1, 0.15) is 17.7 Å². The third kappa shape index (κ3) is 8.64. The Labute approximate surface area is 254 Å². The number of nitrogens with zero attached hydrogens (tertiary/aromatic N) is 5. The highest BCUT2D eigenvalue weighted by Crippen LogP contribution is 2.21. The summed E-state index contributed by atoms with van der Waals surface area (Å²) in [5.74, 6) is 0.736. The summed E-state index contributed by atoms with van der Waals surface area (Å²) in [6.07, 6.45) is 7.48.